The van der Waals surface area contributed by atoms with E-state index in [2.05, 4.69) is 28.8 Å². The Morgan fingerprint density at radius 1 is 1.20 bits per heavy atom. The van der Waals surface area contributed by atoms with Gasteiger partial charge in [0, 0.05) is 11.6 Å². The van der Waals surface area contributed by atoms with Crippen LogP contribution in [0.2, 0.25) is 0 Å². The van der Waals surface area contributed by atoms with Crippen molar-refractivity contribution in [3.8, 4) is 0 Å². The highest BCUT2D eigenvalue weighted by molar-refractivity contribution is 5.90. The summed E-state index contributed by atoms with van der Waals surface area (Å²) < 4.78 is 0. The molecular weight excluding hydrogens is 188 g/mol. The van der Waals surface area contributed by atoms with E-state index in [1.54, 1.807) is 0 Å². The highest BCUT2D eigenvalue weighted by atomic mass is 15.0. The van der Waals surface area contributed by atoms with E-state index in [-0.39, 0.29) is 0 Å². The molecule has 0 aromatic carbocycles. The summed E-state index contributed by atoms with van der Waals surface area (Å²) in [7, 11) is 0. The Labute approximate surface area is 88.9 Å². The number of hydrogen-bond acceptors (Lipinski definition) is 3. The van der Waals surface area contributed by atoms with E-state index in [0.29, 0.717) is 11.7 Å². The van der Waals surface area contributed by atoms with Gasteiger partial charge < -0.3 is 10.7 Å². The van der Waals surface area contributed by atoms with Crippen LogP contribution in [0.25, 0.3) is 11.0 Å². The minimum atomic E-state index is 0.292. The molecule has 3 N–H and O–H groups in total. The second-order valence-corrected chi connectivity index (χ2v) is 4.22. The summed E-state index contributed by atoms with van der Waals surface area (Å²) in [5.74, 6) is 1.66. The van der Waals surface area contributed by atoms with E-state index < -0.39 is 0 Å². The smallest absolute Gasteiger partial charge is 0.143 e. The standard InChI is InChI=1S/C11H16N4/c1-5(2)10-14-9(12)8-6(3)7(4)13-11(8)15-10/h5H,1-4H3,(H3,12,13,14,15). The SMILES string of the molecule is Cc1[nH]c2nc(C(C)C)nc(N)c2c1C. The molecule has 0 saturated heterocycles. The third-order valence-electron chi connectivity index (χ3n) is 2.71. The van der Waals surface area contributed by atoms with Crippen molar-refractivity contribution >= 4 is 16.9 Å². The van der Waals surface area contributed by atoms with Gasteiger partial charge in [-0.15, -0.1) is 0 Å². The second kappa shape index (κ2) is 3.22. The number of nitrogens with two attached hydrogens (primary N) is 1. The number of nitrogens with one attached hydrogen (secondary N) is 1. The molecule has 2 rings (SSSR count). The minimum absolute atomic E-state index is 0.292. The molecule has 0 atom stereocenters. The second-order valence-electron chi connectivity index (χ2n) is 4.22. The molecule has 0 fully saturated rings. The Hall–Kier alpha value is -1.58. The van der Waals surface area contributed by atoms with Gasteiger partial charge in [-0.05, 0) is 19.4 Å². The average Bonchev–Trinajstić information content (AvgIpc) is 2.42. The first-order valence-electron chi connectivity index (χ1n) is 5.13. The van der Waals surface area contributed by atoms with Crippen molar-refractivity contribution in [2.24, 2.45) is 0 Å². The van der Waals surface area contributed by atoms with Crippen LogP contribution in [0.4, 0.5) is 5.82 Å². The van der Waals surface area contributed by atoms with Crippen molar-refractivity contribution in [1.29, 1.82) is 0 Å². The molecular formula is C11H16N4. The van der Waals surface area contributed by atoms with Gasteiger partial charge in [-0.3, -0.25) is 0 Å². The van der Waals surface area contributed by atoms with Gasteiger partial charge in [0.05, 0.1) is 5.39 Å². The number of aryl methyl sites for hydroxylation is 2. The number of H-pyrrole nitrogens is 1. The highest BCUT2D eigenvalue weighted by Gasteiger charge is 2.13. The molecule has 0 radical (unpaired) electrons. The van der Waals surface area contributed by atoms with Crippen LogP contribution < -0.4 is 5.73 Å². The Balaban J connectivity index is 2.78. The molecule has 0 amide bonds. The maximum Gasteiger partial charge on any atom is 0.143 e. The zero-order chi connectivity index (χ0) is 11.2. The molecule has 0 spiro atoms. The topological polar surface area (TPSA) is 67.6 Å². The summed E-state index contributed by atoms with van der Waals surface area (Å²) in [6.07, 6.45) is 0. The number of aromatic amines is 1. The van der Waals surface area contributed by atoms with Crippen LogP contribution in [-0.2, 0) is 0 Å². The third-order valence-corrected chi connectivity index (χ3v) is 2.71. The van der Waals surface area contributed by atoms with Gasteiger partial charge in [0.2, 0.25) is 0 Å². The van der Waals surface area contributed by atoms with Crippen LogP contribution in [0, 0.1) is 13.8 Å². The van der Waals surface area contributed by atoms with E-state index in [1.807, 2.05) is 13.8 Å². The van der Waals surface area contributed by atoms with E-state index in [0.717, 1.165) is 28.1 Å². The molecule has 0 unspecified atom stereocenters. The van der Waals surface area contributed by atoms with Crippen molar-refractivity contribution in [2.75, 3.05) is 5.73 Å². The fourth-order valence-electron chi connectivity index (χ4n) is 1.67. The van der Waals surface area contributed by atoms with Gasteiger partial charge in [0.15, 0.2) is 0 Å². The molecule has 0 aliphatic carbocycles. The number of aromatic nitrogens is 3. The lowest BCUT2D eigenvalue weighted by atomic mass is 10.2. The number of anilines is 1. The first-order valence-corrected chi connectivity index (χ1v) is 5.13. The summed E-state index contributed by atoms with van der Waals surface area (Å²) in [6.45, 7) is 8.17. The summed E-state index contributed by atoms with van der Waals surface area (Å²) in [6, 6.07) is 0. The molecule has 2 aromatic rings. The summed E-state index contributed by atoms with van der Waals surface area (Å²) >= 11 is 0. The van der Waals surface area contributed by atoms with Crippen molar-refractivity contribution in [3.05, 3.63) is 17.1 Å². The maximum absolute atomic E-state index is 5.94. The van der Waals surface area contributed by atoms with Crippen LogP contribution in [0.3, 0.4) is 0 Å². The van der Waals surface area contributed by atoms with Crippen molar-refractivity contribution in [3.63, 3.8) is 0 Å². The largest absolute Gasteiger partial charge is 0.383 e. The molecule has 0 bridgehead atoms. The lowest BCUT2D eigenvalue weighted by Crippen LogP contribution is -2.02. The number of rotatable bonds is 1. The number of nitrogen functional groups attached to an aromatic ring is 1. The monoisotopic (exact) mass is 204 g/mol. The predicted octanol–water partition coefficient (Wildman–Crippen LogP) is 2.28. The van der Waals surface area contributed by atoms with E-state index >= 15 is 0 Å². The van der Waals surface area contributed by atoms with Crippen molar-refractivity contribution in [2.45, 2.75) is 33.6 Å². The molecule has 2 heterocycles. The summed E-state index contributed by atoms with van der Waals surface area (Å²) in [5, 5.41) is 0.955. The van der Waals surface area contributed by atoms with E-state index in [9.17, 15) is 0 Å². The quantitative estimate of drug-likeness (QED) is 0.748. The molecule has 0 aliphatic rings. The van der Waals surface area contributed by atoms with Crippen LogP contribution in [-0.4, -0.2) is 15.0 Å². The van der Waals surface area contributed by atoms with Crippen molar-refractivity contribution in [1.82, 2.24) is 15.0 Å². The Kier molecular flexibility index (Phi) is 2.14. The maximum atomic E-state index is 5.94. The fourth-order valence-corrected chi connectivity index (χ4v) is 1.67. The zero-order valence-electron chi connectivity index (χ0n) is 9.55. The van der Waals surface area contributed by atoms with E-state index in [1.165, 1.54) is 0 Å². The molecule has 80 valence electrons. The predicted molar refractivity (Wildman–Crippen MR) is 61.9 cm³/mol. The van der Waals surface area contributed by atoms with Crippen LogP contribution in [0.15, 0.2) is 0 Å². The highest BCUT2D eigenvalue weighted by Crippen LogP contribution is 2.25. The van der Waals surface area contributed by atoms with Crippen LogP contribution >= 0.6 is 0 Å². The van der Waals surface area contributed by atoms with Gasteiger partial charge in [-0.2, -0.15) is 0 Å². The van der Waals surface area contributed by atoms with Gasteiger partial charge in [0.1, 0.15) is 17.3 Å². The molecule has 4 nitrogen and oxygen atoms in total. The number of fused-ring (bicyclic) bond motifs is 1. The Bertz CT molecular complexity index is 511. The Morgan fingerprint density at radius 2 is 1.87 bits per heavy atom. The molecule has 15 heavy (non-hydrogen) atoms. The Morgan fingerprint density at radius 3 is 2.47 bits per heavy atom. The normalized spacial score (nSPS) is 11.5. The lowest BCUT2D eigenvalue weighted by molar-refractivity contribution is 0.783. The summed E-state index contributed by atoms with van der Waals surface area (Å²) in [4.78, 5) is 12.0. The fraction of sp³-hybridized carbons (Fsp3) is 0.455. The molecule has 2 aromatic heterocycles. The molecule has 0 aliphatic heterocycles. The number of hydrogen-bond donors (Lipinski definition) is 2. The first kappa shape index (κ1) is 9.96. The average molecular weight is 204 g/mol. The summed E-state index contributed by atoms with van der Waals surface area (Å²) in [5.41, 5.74) is 9.03. The number of nitrogens with zero attached hydrogens (tertiary/aromatic N) is 2. The van der Waals surface area contributed by atoms with Crippen LogP contribution in [0.5, 0.6) is 0 Å². The molecule has 0 saturated carbocycles. The van der Waals surface area contributed by atoms with Crippen LogP contribution in [0.1, 0.15) is 36.8 Å². The third kappa shape index (κ3) is 1.46. The van der Waals surface area contributed by atoms with E-state index in [4.69, 9.17) is 5.73 Å². The molecule has 4 heteroatoms. The van der Waals surface area contributed by atoms with Gasteiger partial charge in [-0.1, -0.05) is 13.8 Å². The zero-order valence-corrected chi connectivity index (χ0v) is 9.55. The van der Waals surface area contributed by atoms with Gasteiger partial charge in [0.25, 0.3) is 0 Å². The lowest BCUT2D eigenvalue weighted by Gasteiger charge is -2.05. The first-order chi connectivity index (χ1) is 7.00. The van der Waals surface area contributed by atoms with Gasteiger partial charge >= 0.3 is 0 Å². The minimum Gasteiger partial charge on any atom is -0.383 e. The van der Waals surface area contributed by atoms with Gasteiger partial charge in [-0.25, -0.2) is 9.97 Å². The van der Waals surface area contributed by atoms with Crippen molar-refractivity contribution < 1.29 is 0 Å².